The first kappa shape index (κ1) is 36.8. The number of hydrogen-bond acceptors (Lipinski definition) is 6. The van der Waals surface area contributed by atoms with Gasteiger partial charge in [0.05, 0.1) is 16.3 Å². The number of nitrogens with two attached hydrogens (primary N) is 3. The number of anilines is 3. The molecule has 0 spiro atoms. The van der Waals surface area contributed by atoms with E-state index in [1.165, 1.54) is 6.07 Å². The first-order chi connectivity index (χ1) is 13.0. The quantitative estimate of drug-likeness (QED) is 0.151. The van der Waals surface area contributed by atoms with Gasteiger partial charge in [-0.2, -0.15) is 0 Å². The van der Waals surface area contributed by atoms with Crippen LogP contribution in [0.3, 0.4) is 0 Å². The van der Waals surface area contributed by atoms with Crippen LogP contribution in [0, 0.1) is 24.0 Å². The van der Waals surface area contributed by atoms with Gasteiger partial charge in [0.2, 0.25) is 0 Å². The summed E-state index contributed by atoms with van der Waals surface area (Å²) in [6, 6.07) is 6.64. The van der Waals surface area contributed by atoms with E-state index >= 15 is 0 Å². The van der Waals surface area contributed by atoms with Crippen molar-refractivity contribution in [1.82, 2.24) is 0 Å². The van der Waals surface area contributed by atoms with Gasteiger partial charge >= 0.3 is 36.7 Å². The van der Waals surface area contributed by atoms with Gasteiger partial charge in [-0.3, -0.25) is 10.1 Å². The topological polar surface area (TPSA) is 204 Å². The summed E-state index contributed by atoms with van der Waals surface area (Å²) < 4.78 is 1.70. The monoisotopic (exact) mass is 702 g/mol. The fraction of sp³-hybridized carbons (Fsp3) is 0.250. The Labute approximate surface area is 210 Å². The Morgan fingerprint density at radius 1 is 0.967 bits per heavy atom. The van der Waals surface area contributed by atoms with E-state index in [0.29, 0.717) is 15.8 Å². The first-order valence-electron chi connectivity index (χ1n) is 7.54. The zero-order valence-electron chi connectivity index (χ0n) is 16.5. The molecule has 14 heteroatoms. The molecule has 9 nitrogen and oxygen atoms in total. The van der Waals surface area contributed by atoms with Crippen LogP contribution in [0.2, 0.25) is 0 Å². The molecule has 0 aliphatic rings. The minimum absolute atomic E-state index is 0. The van der Waals surface area contributed by atoms with Crippen molar-refractivity contribution < 1.29 is 21.0 Å². The van der Waals surface area contributed by atoms with E-state index in [1.54, 1.807) is 13.0 Å². The number of nitrogens with zero attached hydrogens (tertiary/aromatic N) is 1. The molecule has 0 unspecified atom stereocenters. The maximum atomic E-state index is 10.4. The molecule has 2 rings (SSSR count). The summed E-state index contributed by atoms with van der Waals surface area (Å²) in [5, 5.41) is 18.0. The van der Waals surface area contributed by atoms with Crippen LogP contribution < -0.4 is 17.2 Å². The Hall–Kier alpha value is -0.541. The Bertz CT molecular complexity index is 725. The van der Waals surface area contributed by atoms with Crippen molar-refractivity contribution in [3.63, 3.8) is 0 Å². The van der Waals surface area contributed by atoms with Gasteiger partial charge in [-0.05, 0) is 50.1 Å². The molecule has 0 aliphatic heterocycles. The van der Waals surface area contributed by atoms with Crippen molar-refractivity contribution >= 4 is 91.3 Å². The van der Waals surface area contributed by atoms with E-state index in [4.69, 9.17) is 40.1 Å². The molecule has 0 bridgehead atoms. The second-order valence-corrected chi connectivity index (χ2v) is 11.0. The van der Waals surface area contributed by atoms with Crippen molar-refractivity contribution in [2.24, 2.45) is 0 Å². The van der Waals surface area contributed by atoms with Crippen molar-refractivity contribution in [3.05, 3.63) is 54.5 Å². The van der Waals surface area contributed by atoms with Gasteiger partial charge in [-0.15, -0.1) is 0 Å². The fourth-order valence-electron chi connectivity index (χ4n) is 1.57. The molecule has 0 fully saturated rings. The zero-order chi connectivity index (χ0) is 22.4. The SMILES string of the molecule is CCO.Cc1cc(N)c(N)cc1Br.Cc1cc(N)c([N+](=O)[O-])cc1Br.O.O.[Cl][Sn][Cl]. The van der Waals surface area contributed by atoms with Gasteiger partial charge in [0.15, 0.2) is 0 Å². The van der Waals surface area contributed by atoms with Gasteiger partial charge in [0.1, 0.15) is 5.69 Å². The summed E-state index contributed by atoms with van der Waals surface area (Å²) in [4.78, 5) is 9.89. The predicted octanol–water partition coefficient (Wildman–Crippen LogP) is 3.52. The molecule has 0 saturated heterocycles. The molecule has 2 radical (unpaired) electrons. The molecule has 0 atom stereocenters. The van der Waals surface area contributed by atoms with Crippen molar-refractivity contribution in [2.75, 3.05) is 23.8 Å². The van der Waals surface area contributed by atoms with Crippen LogP contribution in [0.4, 0.5) is 22.7 Å². The molecule has 0 aliphatic carbocycles. The van der Waals surface area contributed by atoms with Crippen LogP contribution >= 0.6 is 49.7 Å². The Morgan fingerprint density at radius 2 is 1.27 bits per heavy atom. The summed E-state index contributed by atoms with van der Waals surface area (Å²) in [6.07, 6.45) is 0. The molecule has 2 aromatic rings. The fourth-order valence-corrected chi connectivity index (χ4v) is 2.26. The molecule has 0 heterocycles. The number of aliphatic hydroxyl groups is 1. The molecule has 172 valence electrons. The molecular formula is C16H26Br2Cl2N4O5Sn. The summed E-state index contributed by atoms with van der Waals surface area (Å²) in [5.74, 6) is 0. The van der Waals surface area contributed by atoms with Gasteiger partial charge in [0.25, 0.3) is 5.69 Å². The van der Waals surface area contributed by atoms with Crippen LogP contribution in [-0.4, -0.2) is 46.5 Å². The second-order valence-electron chi connectivity index (χ2n) is 5.04. The number of halogens is 4. The van der Waals surface area contributed by atoms with Crippen LogP contribution in [0.5, 0.6) is 0 Å². The number of nitrogen functional groups attached to an aromatic ring is 3. The Kier molecular flexibility index (Phi) is 25.0. The van der Waals surface area contributed by atoms with Crippen molar-refractivity contribution in [3.8, 4) is 0 Å². The number of nitro benzene ring substituents is 1. The number of benzene rings is 2. The number of rotatable bonds is 1. The molecule has 0 saturated carbocycles. The molecular weight excluding hydrogens is 678 g/mol. The maximum absolute atomic E-state index is 10.4. The van der Waals surface area contributed by atoms with Crippen molar-refractivity contribution in [2.45, 2.75) is 20.8 Å². The molecule has 2 aromatic carbocycles. The molecule has 0 aromatic heterocycles. The van der Waals surface area contributed by atoms with Crippen LogP contribution in [0.15, 0.2) is 33.2 Å². The van der Waals surface area contributed by atoms with Crippen molar-refractivity contribution in [1.29, 1.82) is 0 Å². The third-order valence-electron chi connectivity index (χ3n) is 2.87. The van der Waals surface area contributed by atoms with E-state index < -0.39 is 23.8 Å². The third kappa shape index (κ3) is 15.3. The minimum atomic E-state index is -0.826. The van der Waals surface area contributed by atoms with Gasteiger partial charge in [-0.25, -0.2) is 0 Å². The Morgan fingerprint density at radius 3 is 1.60 bits per heavy atom. The van der Waals surface area contributed by atoms with Crippen LogP contribution in [-0.2, 0) is 0 Å². The van der Waals surface area contributed by atoms with Gasteiger partial charge < -0.3 is 33.3 Å². The average molecular weight is 704 g/mol. The normalized spacial score (nSPS) is 8.40. The summed E-state index contributed by atoms with van der Waals surface area (Å²) in [5.41, 5.74) is 19.9. The van der Waals surface area contributed by atoms with Gasteiger partial charge in [-0.1, -0.05) is 31.9 Å². The molecule has 0 amide bonds. The summed E-state index contributed by atoms with van der Waals surface area (Å²) >= 11 is 5.71. The second kappa shape index (κ2) is 20.4. The van der Waals surface area contributed by atoms with E-state index in [0.717, 1.165) is 15.6 Å². The van der Waals surface area contributed by atoms with E-state index in [2.05, 4.69) is 31.9 Å². The van der Waals surface area contributed by atoms with Crippen LogP contribution in [0.25, 0.3) is 0 Å². The Balaban J connectivity index is -0.000000171. The summed E-state index contributed by atoms with van der Waals surface area (Å²) in [7, 11) is 9.87. The number of nitro groups is 1. The first-order valence-corrected chi connectivity index (χ1v) is 16.4. The standard InChI is InChI=1S/C7H7BrN2O2.C7H9BrN2.C2H6O.2ClH.2H2O.Sn/c1-4-2-6(9)7(10(11)12)3-5(4)8;1-4-2-6(9)7(10)3-5(4)8;1-2-3;;;;;/h2-3H,9H2,1H3;2-3H,9-10H2,1H3;3H,2H2,1H3;2*1H;2*1H2;/q;;;;;;;+2/p-2. The van der Waals surface area contributed by atoms with Gasteiger partial charge in [0, 0.05) is 21.6 Å². The summed E-state index contributed by atoms with van der Waals surface area (Å²) in [6.45, 7) is 5.73. The number of aryl methyl sites for hydroxylation is 2. The van der Waals surface area contributed by atoms with Crippen LogP contribution in [0.1, 0.15) is 18.1 Å². The predicted molar refractivity (Wildman–Crippen MR) is 135 cm³/mol. The molecule has 11 N–H and O–H groups in total. The average Bonchev–Trinajstić information content (AvgIpc) is 2.58. The number of aliphatic hydroxyl groups excluding tert-OH is 1. The number of hydrogen-bond donors (Lipinski definition) is 4. The van der Waals surface area contributed by atoms with E-state index in [1.807, 2.05) is 26.0 Å². The third-order valence-corrected chi connectivity index (χ3v) is 4.58. The zero-order valence-corrected chi connectivity index (χ0v) is 24.0. The van der Waals surface area contributed by atoms with E-state index in [9.17, 15) is 10.1 Å². The van der Waals surface area contributed by atoms with E-state index in [-0.39, 0.29) is 28.9 Å². The molecule has 30 heavy (non-hydrogen) atoms.